The van der Waals surface area contributed by atoms with Crippen molar-refractivity contribution in [2.75, 3.05) is 0 Å². The second kappa shape index (κ2) is 7.65. The van der Waals surface area contributed by atoms with E-state index in [4.69, 9.17) is 9.73 Å². The first-order chi connectivity index (χ1) is 13.6. The van der Waals surface area contributed by atoms with Gasteiger partial charge in [0.1, 0.15) is 5.71 Å². The van der Waals surface area contributed by atoms with Crippen molar-refractivity contribution in [1.29, 1.82) is 0 Å². The molecule has 0 spiro atoms. The summed E-state index contributed by atoms with van der Waals surface area (Å²) in [6.07, 6.45) is -0.0900. The molecule has 0 atom stereocenters. The number of rotatable bonds is 4. The van der Waals surface area contributed by atoms with Crippen LogP contribution in [0.25, 0.3) is 5.57 Å². The molecule has 3 aromatic rings. The second-order valence-electron chi connectivity index (χ2n) is 6.91. The van der Waals surface area contributed by atoms with Gasteiger partial charge in [-0.3, -0.25) is 4.79 Å². The number of carbonyl (C=O) groups is 1. The van der Waals surface area contributed by atoms with Gasteiger partial charge < -0.3 is 4.74 Å². The largest absolute Gasteiger partial charge is 0.488 e. The molecule has 1 aliphatic rings. The Morgan fingerprint density at radius 1 is 0.750 bits per heavy atom. The lowest BCUT2D eigenvalue weighted by Crippen LogP contribution is -2.25. The second-order valence-corrected chi connectivity index (χ2v) is 6.91. The summed E-state index contributed by atoms with van der Waals surface area (Å²) in [6.45, 7) is 3.92. The van der Waals surface area contributed by atoms with E-state index in [1.165, 1.54) is 0 Å². The van der Waals surface area contributed by atoms with Gasteiger partial charge in [-0.1, -0.05) is 72.8 Å². The first-order valence-electron chi connectivity index (χ1n) is 9.39. The molecule has 0 aromatic heterocycles. The van der Waals surface area contributed by atoms with Crippen molar-refractivity contribution < 1.29 is 9.53 Å². The van der Waals surface area contributed by atoms with Gasteiger partial charge in [-0.2, -0.15) is 0 Å². The Morgan fingerprint density at radius 2 is 1.32 bits per heavy atom. The van der Waals surface area contributed by atoms with Crippen LogP contribution in [0.5, 0.6) is 0 Å². The van der Waals surface area contributed by atoms with Crippen LogP contribution >= 0.6 is 0 Å². The number of benzene rings is 3. The molecule has 138 valence electrons. The molecule has 3 nitrogen and oxygen atoms in total. The van der Waals surface area contributed by atoms with E-state index in [1.54, 1.807) is 0 Å². The summed E-state index contributed by atoms with van der Waals surface area (Å²) < 4.78 is 6.20. The van der Waals surface area contributed by atoms with Crippen LogP contribution in [0.2, 0.25) is 0 Å². The molecule has 0 heterocycles. The Morgan fingerprint density at radius 3 is 1.96 bits per heavy atom. The van der Waals surface area contributed by atoms with Crippen molar-refractivity contribution in [1.82, 2.24) is 0 Å². The highest BCUT2D eigenvalue weighted by Gasteiger charge is 2.33. The van der Waals surface area contributed by atoms with Gasteiger partial charge in [0.05, 0.1) is 17.4 Å². The van der Waals surface area contributed by atoms with Crippen molar-refractivity contribution in [3.63, 3.8) is 0 Å². The summed E-state index contributed by atoms with van der Waals surface area (Å²) in [5.41, 5.74) is 4.34. The number of allylic oxidation sites excluding steroid dienone is 2. The third-order valence-electron chi connectivity index (χ3n) is 4.51. The monoisotopic (exact) mass is 367 g/mol. The number of fused-ring (bicyclic) bond motifs is 1. The zero-order chi connectivity index (χ0) is 19.5. The zero-order valence-corrected chi connectivity index (χ0v) is 15.9. The molecule has 0 radical (unpaired) electrons. The normalized spacial score (nSPS) is 15.1. The van der Waals surface area contributed by atoms with Crippen LogP contribution < -0.4 is 0 Å². The van der Waals surface area contributed by atoms with Crippen molar-refractivity contribution in [2.45, 2.75) is 20.0 Å². The van der Waals surface area contributed by atoms with Gasteiger partial charge in [0.15, 0.2) is 11.5 Å². The Kier molecular flexibility index (Phi) is 4.90. The van der Waals surface area contributed by atoms with E-state index in [0.29, 0.717) is 22.6 Å². The number of ether oxygens (including phenoxy) is 1. The summed E-state index contributed by atoms with van der Waals surface area (Å²) in [5, 5.41) is 0. The summed E-state index contributed by atoms with van der Waals surface area (Å²) in [5.74, 6) is 0.498. The molecule has 28 heavy (non-hydrogen) atoms. The number of aliphatic imine (C=N–C) groups is 1. The maximum Gasteiger partial charge on any atom is 0.198 e. The molecular weight excluding hydrogens is 346 g/mol. The van der Waals surface area contributed by atoms with E-state index in [-0.39, 0.29) is 11.9 Å². The predicted octanol–water partition coefficient (Wildman–Crippen LogP) is 5.84. The quantitative estimate of drug-likeness (QED) is 0.581. The first kappa shape index (κ1) is 17.9. The standard InChI is InChI=1S/C25H21NO2/c1-17(2)28-25-22(18-11-5-3-6-12-18)24(27)21-16-10-9-15-20(21)23(25)26-19-13-7-4-8-14-19/h3-17H,1-2H3. The van der Waals surface area contributed by atoms with Crippen LogP contribution in [-0.4, -0.2) is 17.6 Å². The lowest BCUT2D eigenvalue weighted by atomic mass is 9.84. The number of carbonyl (C=O) groups excluding carboxylic acids is 1. The highest BCUT2D eigenvalue weighted by atomic mass is 16.5. The Balaban J connectivity index is 2.02. The molecule has 0 fully saturated rings. The fourth-order valence-corrected chi connectivity index (χ4v) is 3.33. The SMILES string of the molecule is CC(C)OC1=C(c2ccccc2)C(=O)c2ccccc2C1=Nc1ccccc1. The number of nitrogens with zero attached hydrogens (tertiary/aromatic N) is 1. The van der Waals surface area contributed by atoms with E-state index in [2.05, 4.69) is 0 Å². The molecule has 0 unspecified atom stereocenters. The highest BCUT2D eigenvalue weighted by Crippen LogP contribution is 2.35. The van der Waals surface area contributed by atoms with Crippen molar-refractivity contribution in [3.05, 3.63) is 107 Å². The molecule has 0 N–H and O–H groups in total. The maximum atomic E-state index is 13.4. The number of ketones is 1. The third kappa shape index (κ3) is 3.39. The van der Waals surface area contributed by atoms with Crippen LogP contribution in [0.15, 0.2) is 95.7 Å². The smallest absolute Gasteiger partial charge is 0.198 e. The summed E-state index contributed by atoms with van der Waals surface area (Å²) in [7, 11) is 0. The van der Waals surface area contributed by atoms with Gasteiger partial charge in [0.2, 0.25) is 0 Å². The average molecular weight is 367 g/mol. The summed E-state index contributed by atoms with van der Waals surface area (Å²) >= 11 is 0. The fourth-order valence-electron chi connectivity index (χ4n) is 3.33. The van der Waals surface area contributed by atoms with E-state index >= 15 is 0 Å². The molecule has 1 aliphatic carbocycles. The van der Waals surface area contributed by atoms with E-state index in [1.807, 2.05) is 98.8 Å². The lowest BCUT2D eigenvalue weighted by molar-refractivity contribution is 0.104. The number of Topliss-reactive ketones (excluding diaryl/α,β-unsaturated/α-hetero) is 1. The van der Waals surface area contributed by atoms with Crippen molar-refractivity contribution in [3.8, 4) is 0 Å². The minimum atomic E-state index is -0.0900. The van der Waals surface area contributed by atoms with Gasteiger partial charge >= 0.3 is 0 Å². The predicted molar refractivity (Wildman–Crippen MR) is 113 cm³/mol. The van der Waals surface area contributed by atoms with Gasteiger partial charge in [-0.25, -0.2) is 4.99 Å². The van der Waals surface area contributed by atoms with Crippen molar-refractivity contribution in [2.24, 2.45) is 4.99 Å². The molecule has 0 bridgehead atoms. The topological polar surface area (TPSA) is 38.7 Å². The van der Waals surface area contributed by atoms with Gasteiger partial charge in [0.25, 0.3) is 0 Å². The summed E-state index contributed by atoms with van der Waals surface area (Å²) in [4.78, 5) is 18.3. The molecule has 0 saturated heterocycles. The maximum absolute atomic E-state index is 13.4. The lowest BCUT2D eigenvalue weighted by Gasteiger charge is -2.25. The number of hydrogen-bond acceptors (Lipinski definition) is 3. The zero-order valence-electron chi connectivity index (χ0n) is 15.9. The molecular formula is C25H21NO2. The first-order valence-corrected chi connectivity index (χ1v) is 9.39. The van der Waals surface area contributed by atoms with Crippen molar-refractivity contribution >= 4 is 22.8 Å². The summed E-state index contributed by atoms with van der Waals surface area (Å²) in [6, 6.07) is 27.0. The van der Waals surface area contributed by atoms with Crippen LogP contribution in [0.4, 0.5) is 5.69 Å². The van der Waals surface area contributed by atoms with Crippen LogP contribution in [0.3, 0.4) is 0 Å². The molecule has 3 heteroatoms. The molecule has 4 rings (SSSR count). The fraction of sp³-hybridized carbons (Fsp3) is 0.120. The van der Waals surface area contributed by atoms with E-state index in [0.717, 1.165) is 16.8 Å². The highest BCUT2D eigenvalue weighted by molar-refractivity contribution is 6.41. The van der Waals surface area contributed by atoms with Crippen LogP contribution in [0.1, 0.15) is 35.3 Å². The minimum absolute atomic E-state index is 0.0375. The molecule has 0 aliphatic heterocycles. The van der Waals surface area contributed by atoms with Gasteiger partial charge in [-0.05, 0) is 31.5 Å². The molecule has 3 aromatic carbocycles. The molecule has 0 amide bonds. The number of hydrogen-bond donors (Lipinski definition) is 0. The Hall–Kier alpha value is -3.46. The van der Waals surface area contributed by atoms with Crippen LogP contribution in [0, 0.1) is 0 Å². The molecule has 0 saturated carbocycles. The Bertz CT molecular complexity index is 1060. The number of para-hydroxylation sites is 1. The minimum Gasteiger partial charge on any atom is -0.488 e. The third-order valence-corrected chi connectivity index (χ3v) is 4.51. The van der Waals surface area contributed by atoms with Gasteiger partial charge in [0, 0.05) is 11.1 Å². The van der Waals surface area contributed by atoms with Crippen LogP contribution in [-0.2, 0) is 4.74 Å². The van der Waals surface area contributed by atoms with E-state index < -0.39 is 0 Å². The van der Waals surface area contributed by atoms with E-state index in [9.17, 15) is 4.79 Å². The Labute approximate surface area is 165 Å². The van der Waals surface area contributed by atoms with Gasteiger partial charge in [-0.15, -0.1) is 0 Å². The average Bonchev–Trinajstić information content (AvgIpc) is 2.72.